The second-order valence-corrected chi connectivity index (χ2v) is 9.53. The number of hydrogen-bond acceptors (Lipinski definition) is 1. The second-order valence-electron chi connectivity index (χ2n) is 7.70. The van der Waals surface area contributed by atoms with E-state index in [1.807, 2.05) is 12.2 Å². The highest BCUT2D eigenvalue weighted by molar-refractivity contribution is 9.10. The van der Waals surface area contributed by atoms with Gasteiger partial charge in [-0.3, -0.25) is 0 Å². The fourth-order valence-corrected chi connectivity index (χ4v) is 4.39. The first-order valence-corrected chi connectivity index (χ1v) is 12.2. The Kier molecular flexibility index (Phi) is 6.37. The Morgan fingerprint density at radius 2 is 0.939 bits per heavy atom. The maximum atomic E-state index is 3.55. The zero-order valence-electron chi connectivity index (χ0n) is 17.8. The van der Waals surface area contributed by atoms with Crippen molar-refractivity contribution >= 4 is 54.5 Å². The minimum absolute atomic E-state index is 1.06. The molecule has 1 aliphatic rings. The van der Waals surface area contributed by atoms with Gasteiger partial charge in [-0.15, -0.1) is 0 Å². The van der Waals surface area contributed by atoms with Crippen LogP contribution < -0.4 is 4.90 Å². The molecule has 0 bridgehead atoms. The Morgan fingerprint density at radius 1 is 0.515 bits per heavy atom. The molecule has 0 spiro atoms. The summed E-state index contributed by atoms with van der Waals surface area (Å²) in [4.78, 5) is 2.26. The molecule has 5 rings (SSSR count). The third kappa shape index (κ3) is 4.91. The largest absolute Gasteiger partial charge is 0.311 e. The van der Waals surface area contributed by atoms with Gasteiger partial charge in [0.2, 0.25) is 0 Å². The van der Waals surface area contributed by atoms with Crippen LogP contribution in [-0.4, -0.2) is 0 Å². The zero-order chi connectivity index (χ0) is 22.6. The maximum Gasteiger partial charge on any atom is 0.103 e. The molecule has 1 nitrogen and oxygen atoms in total. The van der Waals surface area contributed by atoms with Gasteiger partial charge in [-0.05, 0) is 71.8 Å². The lowest BCUT2D eigenvalue weighted by molar-refractivity contribution is 1.28. The Bertz CT molecular complexity index is 1280. The van der Waals surface area contributed by atoms with E-state index in [4.69, 9.17) is 0 Å². The summed E-state index contributed by atoms with van der Waals surface area (Å²) >= 11 is 7.09. The molecule has 0 saturated heterocycles. The molecule has 1 aliphatic carbocycles. The average molecular weight is 554 g/mol. The lowest BCUT2D eigenvalue weighted by Gasteiger charge is -2.25. The van der Waals surface area contributed by atoms with Crippen LogP contribution in [-0.2, 0) is 0 Å². The maximum absolute atomic E-state index is 3.55. The van der Waals surface area contributed by atoms with Crippen LogP contribution in [0, 0.1) is 6.08 Å². The summed E-state index contributed by atoms with van der Waals surface area (Å²) in [5, 5.41) is 0. The van der Waals surface area contributed by atoms with Crippen LogP contribution in [0.5, 0.6) is 0 Å². The Labute approximate surface area is 211 Å². The third-order valence-corrected chi connectivity index (χ3v) is 6.62. The fourth-order valence-electron chi connectivity index (χ4n) is 3.86. The van der Waals surface area contributed by atoms with Crippen molar-refractivity contribution in [3.63, 3.8) is 0 Å². The minimum Gasteiger partial charge on any atom is -0.311 e. The van der Waals surface area contributed by atoms with Crippen molar-refractivity contribution in [1.82, 2.24) is 0 Å². The number of benzene rings is 4. The van der Waals surface area contributed by atoms with E-state index in [9.17, 15) is 0 Å². The van der Waals surface area contributed by atoms with Gasteiger partial charge in [0, 0.05) is 37.6 Å². The molecule has 4 aromatic carbocycles. The van der Waals surface area contributed by atoms with Crippen molar-refractivity contribution in [2.24, 2.45) is 0 Å². The molecule has 3 heteroatoms. The highest BCUT2D eigenvalue weighted by atomic mass is 79.9. The highest BCUT2D eigenvalue weighted by Crippen LogP contribution is 2.36. The smallest absolute Gasteiger partial charge is 0.103 e. The Morgan fingerprint density at radius 3 is 1.39 bits per heavy atom. The number of nitrogens with zero attached hydrogens (tertiary/aromatic N) is 1. The van der Waals surface area contributed by atoms with Gasteiger partial charge >= 0.3 is 0 Å². The lowest BCUT2D eigenvalue weighted by atomic mass is 9.98. The van der Waals surface area contributed by atoms with Gasteiger partial charge in [-0.2, -0.15) is 0 Å². The van der Waals surface area contributed by atoms with E-state index in [-0.39, 0.29) is 0 Å². The summed E-state index contributed by atoms with van der Waals surface area (Å²) in [6, 6.07) is 34.2. The van der Waals surface area contributed by atoms with Crippen molar-refractivity contribution in [3.05, 3.63) is 142 Å². The number of allylic oxidation sites excluding steroid dienone is 6. The average Bonchev–Trinajstić information content (AvgIpc) is 2.88. The van der Waals surface area contributed by atoms with Crippen LogP contribution in [0.4, 0.5) is 17.1 Å². The monoisotopic (exact) mass is 552 g/mol. The standard InChI is InChI=1S/C30H20Br2N/c31-26-12-18-29(19-13-26)33(30-20-14-27(32)15-21-30)28-16-10-25(11-17-28)24-8-6-23(7-9-24)22-4-2-1-3-5-22/h2-21H/q+1. The molecule has 0 unspecified atom stereocenters. The van der Waals surface area contributed by atoms with E-state index in [1.165, 1.54) is 22.3 Å². The summed E-state index contributed by atoms with van der Waals surface area (Å²) in [5.74, 6) is 0. The van der Waals surface area contributed by atoms with Gasteiger partial charge < -0.3 is 4.90 Å². The molecular formula is C30H20Br2N+. The van der Waals surface area contributed by atoms with Gasteiger partial charge in [0.05, 0.1) is 17.7 Å². The van der Waals surface area contributed by atoms with E-state index >= 15 is 0 Å². The van der Waals surface area contributed by atoms with Gasteiger partial charge in [0.15, 0.2) is 0 Å². The molecule has 0 aliphatic heterocycles. The first-order chi connectivity index (χ1) is 16.2. The first-order valence-electron chi connectivity index (χ1n) is 10.7. The van der Waals surface area contributed by atoms with Crippen LogP contribution in [0.2, 0.25) is 0 Å². The quantitative estimate of drug-likeness (QED) is 0.222. The van der Waals surface area contributed by atoms with Crippen molar-refractivity contribution < 1.29 is 0 Å². The first kappa shape index (κ1) is 21.6. The molecule has 0 heterocycles. The summed E-state index contributed by atoms with van der Waals surface area (Å²) in [6.07, 6.45) is 11.1. The topological polar surface area (TPSA) is 3.24 Å². The zero-order valence-corrected chi connectivity index (χ0v) is 20.9. The van der Waals surface area contributed by atoms with Crippen LogP contribution in [0.3, 0.4) is 0 Å². The number of halogens is 2. The number of rotatable bonds is 5. The Hall–Kier alpha value is -3.23. The van der Waals surface area contributed by atoms with Crippen LogP contribution in [0.25, 0.3) is 16.7 Å². The van der Waals surface area contributed by atoms with E-state index < -0.39 is 0 Å². The molecule has 0 N–H and O–H groups in total. The van der Waals surface area contributed by atoms with Gasteiger partial charge in [-0.1, -0.05) is 68.3 Å². The van der Waals surface area contributed by atoms with Crippen LogP contribution in [0.1, 0.15) is 5.56 Å². The van der Waals surface area contributed by atoms with E-state index in [0.29, 0.717) is 0 Å². The van der Waals surface area contributed by atoms with Crippen molar-refractivity contribution in [2.45, 2.75) is 0 Å². The van der Waals surface area contributed by atoms with Crippen molar-refractivity contribution in [2.75, 3.05) is 4.90 Å². The van der Waals surface area contributed by atoms with Crippen molar-refractivity contribution in [1.29, 1.82) is 0 Å². The fraction of sp³-hybridized carbons (Fsp3) is 0. The lowest BCUT2D eigenvalue weighted by Crippen LogP contribution is -2.09. The van der Waals surface area contributed by atoms with Gasteiger partial charge in [0.1, 0.15) is 12.2 Å². The molecular weight excluding hydrogens is 534 g/mol. The highest BCUT2D eigenvalue weighted by Gasteiger charge is 2.13. The van der Waals surface area contributed by atoms with Crippen molar-refractivity contribution in [3.8, 4) is 11.1 Å². The van der Waals surface area contributed by atoms with E-state index in [0.717, 1.165) is 26.0 Å². The van der Waals surface area contributed by atoms with E-state index in [1.54, 1.807) is 0 Å². The number of anilines is 3. The summed E-state index contributed by atoms with van der Waals surface area (Å²) in [6.45, 7) is 0. The van der Waals surface area contributed by atoms with E-state index in [2.05, 4.69) is 152 Å². The summed E-state index contributed by atoms with van der Waals surface area (Å²) in [5.41, 5.74) is 8.14. The normalized spacial score (nSPS) is 12.2. The molecule has 33 heavy (non-hydrogen) atoms. The van der Waals surface area contributed by atoms with Crippen LogP contribution in [0.15, 0.2) is 130 Å². The molecule has 0 atom stereocenters. The summed E-state index contributed by atoms with van der Waals surface area (Å²) in [7, 11) is 0. The predicted octanol–water partition coefficient (Wildman–Crippen LogP) is 9.66. The third-order valence-electron chi connectivity index (χ3n) is 5.56. The second kappa shape index (κ2) is 9.72. The molecule has 158 valence electrons. The molecule has 0 aromatic heterocycles. The van der Waals surface area contributed by atoms with Crippen LogP contribution >= 0.6 is 31.9 Å². The van der Waals surface area contributed by atoms with Gasteiger partial charge in [0.25, 0.3) is 0 Å². The predicted molar refractivity (Wildman–Crippen MR) is 147 cm³/mol. The molecule has 0 fully saturated rings. The SMILES string of the molecule is Brc1ccc(N(c2ccc(Br)cc2)c2ccc(-c3ccc(C4=CC=[C+]C=C4)cc3)cc2)cc1. The molecule has 0 saturated carbocycles. The summed E-state index contributed by atoms with van der Waals surface area (Å²) < 4.78 is 2.13. The molecule has 4 aromatic rings. The molecule has 0 radical (unpaired) electrons. The Balaban J connectivity index is 1.46. The minimum atomic E-state index is 1.06. The van der Waals surface area contributed by atoms with Gasteiger partial charge in [-0.25, -0.2) is 0 Å². The number of hydrogen-bond donors (Lipinski definition) is 0. The molecule has 0 amide bonds.